The first kappa shape index (κ1) is 17.6. The number of fused-ring (bicyclic) bond motifs is 1. The maximum absolute atomic E-state index is 12.8. The lowest BCUT2D eigenvalue weighted by Crippen LogP contribution is -2.38. The molecule has 5 heteroatoms. The zero-order valence-corrected chi connectivity index (χ0v) is 16.3. The average Bonchev–Trinajstić information content (AvgIpc) is 3.13. The topological polar surface area (TPSA) is 41.6 Å². The van der Waals surface area contributed by atoms with Crippen LogP contribution in [0.2, 0.25) is 0 Å². The maximum Gasteiger partial charge on any atom is 0.322 e. The van der Waals surface area contributed by atoms with Crippen LogP contribution in [0.3, 0.4) is 0 Å². The number of hydrogen-bond acceptors (Lipinski definition) is 3. The predicted octanol–water partition coefficient (Wildman–Crippen LogP) is 5.32. The van der Waals surface area contributed by atoms with E-state index in [0.717, 1.165) is 35.5 Å². The highest BCUT2D eigenvalue weighted by atomic mass is 32.1. The molecule has 0 atom stereocenters. The average molecular weight is 378 g/mol. The van der Waals surface area contributed by atoms with Crippen molar-refractivity contribution in [3.05, 3.63) is 70.6 Å². The van der Waals surface area contributed by atoms with E-state index in [1.807, 2.05) is 35.2 Å². The molecule has 0 unspecified atom stereocenters. The third-order valence-electron chi connectivity index (χ3n) is 4.95. The van der Waals surface area contributed by atoms with Crippen LogP contribution in [0.1, 0.15) is 16.7 Å². The van der Waals surface area contributed by atoms with Crippen molar-refractivity contribution in [2.75, 3.05) is 19.0 Å². The van der Waals surface area contributed by atoms with Crippen molar-refractivity contribution in [3.8, 4) is 16.2 Å². The van der Waals surface area contributed by atoms with Gasteiger partial charge in [0, 0.05) is 23.7 Å². The largest absolute Gasteiger partial charge is 0.497 e. The van der Waals surface area contributed by atoms with E-state index in [9.17, 15) is 4.79 Å². The number of aryl methyl sites for hydroxylation is 1. The summed E-state index contributed by atoms with van der Waals surface area (Å²) in [5.74, 6) is 0.829. The zero-order valence-electron chi connectivity index (χ0n) is 15.5. The van der Waals surface area contributed by atoms with E-state index in [1.165, 1.54) is 16.0 Å². The van der Waals surface area contributed by atoms with Crippen LogP contribution in [0.4, 0.5) is 10.5 Å². The molecule has 2 amide bonds. The molecule has 4 rings (SSSR count). The molecule has 0 saturated carbocycles. The second kappa shape index (κ2) is 7.45. The first-order chi connectivity index (χ1) is 13.1. The smallest absolute Gasteiger partial charge is 0.322 e. The molecule has 0 fully saturated rings. The molecule has 1 aliphatic rings. The lowest BCUT2D eigenvalue weighted by Gasteiger charge is -2.29. The number of urea groups is 1. The number of methoxy groups -OCH3 is 1. The maximum atomic E-state index is 12.8. The molecule has 138 valence electrons. The van der Waals surface area contributed by atoms with Gasteiger partial charge in [0.2, 0.25) is 0 Å². The Morgan fingerprint density at radius 1 is 1.15 bits per heavy atom. The van der Waals surface area contributed by atoms with Gasteiger partial charge >= 0.3 is 6.03 Å². The SMILES string of the molecule is COc1ccc2c(c1)CN(C(=O)Nc1cccc(-c3sccc3C)c1)CC2. The minimum Gasteiger partial charge on any atom is -0.497 e. The summed E-state index contributed by atoms with van der Waals surface area (Å²) in [5.41, 5.74) is 5.65. The van der Waals surface area contributed by atoms with Gasteiger partial charge in [-0.3, -0.25) is 0 Å². The van der Waals surface area contributed by atoms with Crippen molar-refractivity contribution < 1.29 is 9.53 Å². The van der Waals surface area contributed by atoms with Crippen molar-refractivity contribution in [2.24, 2.45) is 0 Å². The Kier molecular flexibility index (Phi) is 4.86. The number of nitrogens with one attached hydrogen (secondary N) is 1. The van der Waals surface area contributed by atoms with E-state index in [4.69, 9.17) is 4.74 Å². The first-order valence-corrected chi connectivity index (χ1v) is 9.88. The van der Waals surface area contributed by atoms with Gasteiger partial charge in [0.1, 0.15) is 5.75 Å². The zero-order chi connectivity index (χ0) is 18.8. The van der Waals surface area contributed by atoms with Crippen molar-refractivity contribution in [2.45, 2.75) is 19.9 Å². The van der Waals surface area contributed by atoms with Gasteiger partial charge in [-0.25, -0.2) is 4.79 Å². The molecule has 0 spiro atoms. The van der Waals surface area contributed by atoms with E-state index in [0.29, 0.717) is 6.54 Å². The third-order valence-corrected chi connectivity index (χ3v) is 6.02. The Balaban J connectivity index is 1.49. The Hall–Kier alpha value is -2.79. The van der Waals surface area contributed by atoms with Crippen LogP contribution < -0.4 is 10.1 Å². The van der Waals surface area contributed by atoms with Gasteiger partial charge in [0.15, 0.2) is 0 Å². The van der Waals surface area contributed by atoms with E-state index < -0.39 is 0 Å². The lowest BCUT2D eigenvalue weighted by molar-refractivity contribution is 0.206. The number of amides is 2. The highest BCUT2D eigenvalue weighted by molar-refractivity contribution is 7.13. The molecule has 0 aliphatic carbocycles. The number of rotatable bonds is 3. The molecule has 27 heavy (non-hydrogen) atoms. The summed E-state index contributed by atoms with van der Waals surface area (Å²) in [6.07, 6.45) is 0.862. The Labute approximate surface area is 163 Å². The quantitative estimate of drug-likeness (QED) is 0.670. The second-order valence-corrected chi connectivity index (χ2v) is 7.67. The summed E-state index contributed by atoms with van der Waals surface area (Å²) in [5, 5.41) is 5.15. The van der Waals surface area contributed by atoms with E-state index in [1.54, 1.807) is 18.4 Å². The fraction of sp³-hybridized carbons (Fsp3) is 0.227. The number of thiophene rings is 1. The van der Waals surface area contributed by atoms with E-state index in [-0.39, 0.29) is 6.03 Å². The minimum absolute atomic E-state index is 0.0662. The Morgan fingerprint density at radius 2 is 2.04 bits per heavy atom. The molecule has 0 bridgehead atoms. The molecule has 2 aromatic carbocycles. The standard InChI is InChI=1S/C22H22N2O2S/c1-15-9-11-27-21(15)17-4-3-5-19(12-17)23-22(25)24-10-8-16-6-7-20(26-2)13-18(16)14-24/h3-7,9,11-13H,8,10,14H2,1-2H3,(H,23,25). The molecule has 1 aromatic heterocycles. The monoisotopic (exact) mass is 378 g/mol. The number of carbonyl (C=O) groups is 1. The van der Waals surface area contributed by atoms with Crippen LogP contribution in [-0.4, -0.2) is 24.6 Å². The second-order valence-electron chi connectivity index (χ2n) is 6.75. The Bertz CT molecular complexity index is 980. The van der Waals surface area contributed by atoms with Gasteiger partial charge in [-0.2, -0.15) is 0 Å². The number of nitrogens with zero attached hydrogens (tertiary/aromatic N) is 1. The summed E-state index contributed by atoms with van der Waals surface area (Å²) in [4.78, 5) is 15.9. The van der Waals surface area contributed by atoms with Crippen molar-refractivity contribution in [3.63, 3.8) is 0 Å². The van der Waals surface area contributed by atoms with Crippen LogP contribution in [-0.2, 0) is 13.0 Å². The van der Waals surface area contributed by atoms with Crippen molar-refractivity contribution >= 4 is 23.1 Å². The first-order valence-electron chi connectivity index (χ1n) is 9.00. The molecule has 4 nitrogen and oxygen atoms in total. The van der Waals surface area contributed by atoms with Crippen LogP contribution in [0.25, 0.3) is 10.4 Å². The van der Waals surface area contributed by atoms with Crippen LogP contribution >= 0.6 is 11.3 Å². The van der Waals surface area contributed by atoms with Gasteiger partial charge in [0.25, 0.3) is 0 Å². The normalized spacial score (nSPS) is 13.2. The van der Waals surface area contributed by atoms with Gasteiger partial charge in [-0.1, -0.05) is 18.2 Å². The third kappa shape index (κ3) is 3.69. The molecular formula is C22H22N2O2S. The fourth-order valence-corrected chi connectivity index (χ4v) is 4.37. The summed E-state index contributed by atoms with van der Waals surface area (Å²) in [6, 6.07) is 16.2. The molecule has 2 heterocycles. The number of anilines is 1. The summed E-state index contributed by atoms with van der Waals surface area (Å²) < 4.78 is 5.31. The van der Waals surface area contributed by atoms with Gasteiger partial charge in [-0.15, -0.1) is 11.3 Å². The summed E-state index contributed by atoms with van der Waals surface area (Å²) >= 11 is 1.72. The number of ether oxygens (including phenoxy) is 1. The van der Waals surface area contributed by atoms with Crippen LogP contribution in [0.5, 0.6) is 5.75 Å². The number of hydrogen-bond donors (Lipinski definition) is 1. The van der Waals surface area contributed by atoms with Gasteiger partial charge in [0.05, 0.1) is 7.11 Å². The van der Waals surface area contributed by atoms with Crippen molar-refractivity contribution in [1.29, 1.82) is 0 Å². The van der Waals surface area contributed by atoms with Crippen LogP contribution in [0.15, 0.2) is 53.9 Å². The molecule has 3 aromatic rings. The summed E-state index contributed by atoms with van der Waals surface area (Å²) in [6.45, 7) is 3.42. The molecule has 1 aliphatic heterocycles. The lowest BCUT2D eigenvalue weighted by atomic mass is 10.00. The van der Waals surface area contributed by atoms with E-state index >= 15 is 0 Å². The number of benzene rings is 2. The highest BCUT2D eigenvalue weighted by Gasteiger charge is 2.21. The molecular weight excluding hydrogens is 356 g/mol. The van der Waals surface area contributed by atoms with Crippen LogP contribution in [0, 0.1) is 6.92 Å². The molecule has 0 radical (unpaired) electrons. The summed E-state index contributed by atoms with van der Waals surface area (Å²) in [7, 11) is 1.66. The predicted molar refractivity (Wildman–Crippen MR) is 111 cm³/mol. The van der Waals surface area contributed by atoms with E-state index in [2.05, 4.69) is 35.8 Å². The molecule has 1 N–H and O–H groups in total. The van der Waals surface area contributed by atoms with Gasteiger partial charge in [-0.05, 0) is 71.3 Å². The molecule has 0 saturated heterocycles. The number of carbonyl (C=O) groups excluding carboxylic acids is 1. The fourth-order valence-electron chi connectivity index (χ4n) is 3.44. The Morgan fingerprint density at radius 3 is 2.81 bits per heavy atom. The van der Waals surface area contributed by atoms with Gasteiger partial charge < -0.3 is 15.0 Å². The minimum atomic E-state index is -0.0662. The highest BCUT2D eigenvalue weighted by Crippen LogP contribution is 2.31. The van der Waals surface area contributed by atoms with Crippen molar-refractivity contribution in [1.82, 2.24) is 4.90 Å².